The van der Waals surface area contributed by atoms with Crippen LogP contribution in [0.5, 0.6) is 0 Å². The number of hydrogen-bond acceptors (Lipinski definition) is 5. The summed E-state index contributed by atoms with van der Waals surface area (Å²) in [5.74, 6) is -0.421. The zero-order valence-corrected chi connectivity index (χ0v) is 17.6. The molecule has 2 N–H and O–H groups in total. The van der Waals surface area contributed by atoms with Gasteiger partial charge in [0.15, 0.2) is 0 Å². The summed E-state index contributed by atoms with van der Waals surface area (Å²) in [4.78, 5) is 25.1. The second kappa shape index (κ2) is 8.61. The summed E-state index contributed by atoms with van der Waals surface area (Å²) in [5.41, 5.74) is 1.56. The SMILES string of the molecule is CC[C@@H](C)[C@H](NC(=O)C(C)(C)C)C(=O)Nc1nnc(-c2ccc(C)cc2)s1. The number of benzene rings is 1. The van der Waals surface area contributed by atoms with E-state index >= 15 is 0 Å². The van der Waals surface area contributed by atoms with Crippen LogP contribution in [0.4, 0.5) is 5.13 Å². The smallest absolute Gasteiger partial charge is 0.249 e. The van der Waals surface area contributed by atoms with Gasteiger partial charge in [-0.1, -0.05) is 82.2 Å². The highest BCUT2D eigenvalue weighted by Crippen LogP contribution is 2.27. The molecule has 0 radical (unpaired) electrons. The number of hydrogen-bond donors (Lipinski definition) is 2. The van der Waals surface area contributed by atoms with Crippen molar-refractivity contribution in [2.24, 2.45) is 11.3 Å². The van der Waals surface area contributed by atoms with Gasteiger partial charge in [0.2, 0.25) is 16.9 Å². The maximum Gasteiger partial charge on any atom is 0.249 e. The van der Waals surface area contributed by atoms with Gasteiger partial charge in [0.25, 0.3) is 0 Å². The molecule has 0 saturated heterocycles. The van der Waals surface area contributed by atoms with E-state index in [-0.39, 0.29) is 17.7 Å². The molecule has 0 aliphatic carbocycles. The summed E-state index contributed by atoms with van der Waals surface area (Å²) in [5, 5.41) is 15.1. The molecule has 0 aliphatic heterocycles. The van der Waals surface area contributed by atoms with Gasteiger partial charge in [-0.2, -0.15) is 0 Å². The molecule has 0 bridgehead atoms. The molecule has 2 rings (SSSR count). The molecule has 0 unspecified atom stereocenters. The largest absolute Gasteiger partial charge is 0.344 e. The van der Waals surface area contributed by atoms with E-state index in [2.05, 4.69) is 20.8 Å². The zero-order valence-electron chi connectivity index (χ0n) is 16.8. The van der Waals surface area contributed by atoms with Crippen molar-refractivity contribution in [3.05, 3.63) is 29.8 Å². The summed E-state index contributed by atoms with van der Waals surface area (Å²) < 4.78 is 0. The van der Waals surface area contributed by atoms with Crippen LogP contribution in [0.3, 0.4) is 0 Å². The highest BCUT2D eigenvalue weighted by Gasteiger charge is 2.31. The average Bonchev–Trinajstić information content (AvgIpc) is 3.06. The quantitative estimate of drug-likeness (QED) is 0.782. The topological polar surface area (TPSA) is 84.0 Å². The van der Waals surface area contributed by atoms with Crippen LogP contribution in [0.25, 0.3) is 10.6 Å². The van der Waals surface area contributed by atoms with Crippen LogP contribution in [0.2, 0.25) is 0 Å². The molecule has 7 heteroatoms. The lowest BCUT2D eigenvalue weighted by atomic mass is 9.92. The van der Waals surface area contributed by atoms with Crippen LogP contribution in [0.15, 0.2) is 24.3 Å². The van der Waals surface area contributed by atoms with Gasteiger partial charge >= 0.3 is 0 Å². The molecule has 0 spiro atoms. The van der Waals surface area contributed by atoms with Crippen LogP contribution in [-0.2, 0) is 9.59 Å². The maximum atomic E-state index is 12.8. The fourth-order valence-corrected chi connectivity index (χ4v) is 3.08. The van der Waals surface area contributed by atoms with E-state index in [9.17, 15) is 9.59 Å². The van der Waals surface area contributed by atoms with E-state index < -0.39 is 11.5 Å². The molecule has 0 saturated carbocycles. The predicted molar refractivity (Wildman–Crippen MR) is 110 cm³/mol. The Balaban J connectivity index is 2.13. The molecule has 146 valence electrons. The first kappa shape index (κ1) is 21.0. The monoisotopic (exact) mass is 388 g/mol. The second-order valence-electron chi connectivity index (χ2n) is 7.85. The lowest BCUT2D eigenvalue weighted by molar-refractivity contribution is -0.132. The lowest BCUT2D eigenvalue weighted by Gasteiger charge is -2.27. The Hall–Kier alpha value is -2.28. The minimum atomic E-state index is -0.617. The Morgan fingerprint density at radius 2 is 1.78 bits per heavy atom. The van der Waals surface area contributed by atoms with Crippen LogP contribution < -0.4 is 10.6 Å². The molecule has 2 atom stereocenters. The van der Waals surface area contributed by atoms with E-state index in [1.54, 1.807) is 0 Å². The van der Waals surface area contributed by atoms with Gasteiger partial charge < -0.3 is 5.32 Å². The number of amides is 2. The molecule has 6 nitrogen and oxygen atoms in total. The summed E-state index contributed by atoms with van der Waals surface area (Å²) in [6.45, 7) is 11.4. The molecule has 2 amide bonds. The van der Waals surface area contributed by atoms with Crippen molar-refractivity contribution >= 4 is 28.3 Å². The van der Waals surface area contributed by atoms with Gasteiger partial charge in [0.05, 0.1) is 0 Å². The van der Waals surface area contributed by atoms with Gasteiger partial charge in [0.1, 0.15) is 11.0 Å². The van der Waals surface area contributed by atoms with Crippen molar-refractivity contribution in [3.63, 3.8) is 0 Å². The van der Waals surface area contributed by atoms with Gasteiger partial charge in [-0.05, 0) is 12.8 Å². The first-order chi connectivity index (χ1) is 12.6. The van der Waals surface area contributed by atoms with Crippen molar-refractivity contribution in [2.45, 2.75) is 54.0 Å². The van der Waals surface area contributed by atoms with Crippen molar-refractivity contribution in [2.75, 3.05) is 5.32 Å². The number of carbonyl (C=O) groups is 2. The number of aryl methyl sites for hydroxylation is 1. The Labute approximate surface area is 164 Å². The fraction of sp³-hybridized carbons (Fsp3) is 0.500. The Bertz CT molecular complexity index is 793. The third-order valence-corrected chi connectivity index (χ3v) is 5.30. The average molecular weight is 389 g/mol. The standard InChI is InChI=1S/C20H28N4O2S/c1-7-13(3)15(21-18(26)20(4,5)6)16(25)22-19-24-23-17(27-19)14-10-8-12(2)9-11-14/h8-11,13,15H,7H2,1-6H3,(H,21,26)(H,22,24,25)/t13-,15+/m1/s1. The maximum absolute atomic E-state index is 12.8. The van der Waals surface area contributed by atoms with E-state index in [1.165, 1.54) is 16.9 Å². The Morgan fingerprint density at radius 1 is 1.15 bits per heavy atom. The molecule has 0 fully saturated rings. The van der Waals surface area contributed by atoms with Crippen molar-refractivity contribution in [1.29, 1.82) is 0 Å². The number of anilines is 1. The number of nitrogens with one attached hydrogen (secondary N) is 2. The third-order valence-electron chi connectivity index (χ3n) is 4.42. The number of rotatable bonds is 6. The molecular formula is C20H28N4O2S. The van der Waals surface area contributed by atoms with E-state index in [4.69, 9.17) is 0 Å². The minimum absolute atomic E-state index is 0.000732. The molecule has 2 aromatic rings. The van der Waals surface area contributed by atoms with Crippen molar-refractivity contribution in [3.8, 4) is 10.6 Å². The lowest BCUT2D eigenvalue weighted by Crippen LogP contribution is -2.50. The predicted octanol–water partition coefficient (Wildman–Crippen LogP) is 4.03. The van der Waals surface area contributed by atoms with Gasteiger partial charge in [0, 0.05) is 11.0 Å². The van der Waals surface area contributed by atoms with Crippen LogP contribution in [0.1, 0.15) is 46.6 Å². The first-order valence-corrected chi connectivity index (χ1v) is 9.95. The Kier molecular flexibility index (Phi) is 6.70. The van der Waals surface area contributed by atoms with E-state index in [0.717, 1.165) is 17.0 Å². The van der Waals surface area contributed by atoms with Gasteiger partial charge in [-0.15, -0.1) is 10.2 Å². The Morgan fingerprint density at radius 3 is 2.33 bits per heavy atom. The van der Waals surface area contributed by atoms with Crippen LogP contribution in [-0.4, -0.2) is 28.1 Å². The molecule has 1 heterocycles. The van der Waals surface area contributed by atoms with E-state index in [0.29, 0.717) is 5.13 Å². The van der Waals surface area contributed by atoms with Crippen LogP contribution in [0, 0.1) is 18.3 Å². The fourth-order valence-electron chi connectivity index (χ4n) is 2.33. The van der Waals surface area contributed by atoms with Crippen LogP contribution >= 0.6 is 11.3 Å². The molecule has 0 aliphatic rings. The summed E-state index contributed by atoms with van der Waals surface area (Å²) in [6, 6.07) is 7.36. The molecule has 1 aromatic carbocycles. The number of aromatic nitrogens is 2. The minimum Gasteiger partial charge on any atom is -0.344 e. The second-order valence-corrected chi connectivity index (χ2v) is 8.83. The molecule has 1 aromatic heterocycles. The van der Waals surface area contributed by atoms with E-state index in [1.807, 2.05) is 65.8 Å². The number of nitrogens with zero attached hydrogens (tertiary/aromatic N) is 2. The van der Waals surface area contributed by atoms with Crippen molar-refractivity contribution in [1.82, 2.24) is 15.5 Å². The first-order valence-electron chi connectivity index (χ1n) is 9.14. The highest BCUT2D eigenvalue weighted by molar-refractivity contribution is 7.18. The molecular weight excluding hydrogens is 360 g/mol. The third kappa shape index (κ3) is 5.60. The van der Waals surface area contributed by atoms with Crippen molar-refractivity contribution < 1.29 is 9.59 Å². The highest BCUT2D eigenvalue weighted by atomic mass is 32.1. The normalized spacial score (nSPS) is 13.7. The zero-order chi connectivity index (χ0) is 20.2. The molecule has 27 heavy (non-hydrogen) atoms. The number of carbonyl (C=O) groups excluding carboxylic acids is 2. The summed E-state index contributed by atoms with van der Waals surface area (Å²) in [6.07, 6.45) is 0.771. The van der Waals surface area contributed by atoms with Gasteiger partial charge in [-0.3, -0.25) is 14.9 Å². The summed E-state index contributed by atoms with van der Waals surface area (Å²) >= 11 is 1.31. The van der Waals surface area contributed by atoms with Gasteiger partial charge in [-0.25, -0.2) is 0 Å². The summed E-state index contributed by atoms with van der Waals surface area (Å²) in [7, 11) is 0.